The van der Waals surface area contributed by atoms with Gasteiger partial charge in [-0.3, -0.25) is 4.90 Å². The van der Waals surface area contributed by atoms with Gasteiger partial charge in [-0.25, -0.2) is 14.4 Å². The summed E-state index contributed by atoms with van der Waals surface area (Å²) >= 11 is 0. The lowest BCUT2D eigenvalue weighted by Gasteiger charge is -2.38. The lowest BCUT2D eigenvalue weighted by atomic mass is 9.86. The average molecular weight is 371 g/mol. The first-order valence-electron chi connectivity index (χ1n) is 9.71. The topological polar surface area (TPSA) is 62.3 Å². The van der Waals surface area contributed by atoms with E-state index in [0.717, 1.165) is 50.7 Å². The summed E-state index contributed by atoms with van der Waals surface area (Å²) < 4.78 is 18.7. The molecule has 1 atom stereocenters. The molecule has 0 amide bonds. The van der Waals surface area contributed by atoms with Crippen LogP contribution in [0.5, 0.6) is 5.75 Å². The van der Waals surface area contributed by atoms with Gasteiger partial charge in [0.2, 0.25) is 5.95 Å². The molecule has 27 heavy (non-hydrogen) atoms. The predicted octanol–water partition coefficient (Wildman–Crippen LogP) is 2.39. The van der Waals surface area contributed by atoms with Crippen molar-refractivity contribution in [2.24, 2.45) is 0 Å². The second-order valence-corrected chi connectivity index (χ2v) is 7.05. The van der Waals surface area contributed by atoms with Crippen molar-refractivity contribution in [3.05, 3.63) is 47.5 Å². The van der Waals surface area contributed by atoms with Crippen LogP contribution in [-0.2, 0) is 6.42 Å². The zero-order chi connectivity index (χ0) is 18.5. The fraction of sp³-hybridized carbons (Fsp3) is 0.500. The monoisotopic (exact) mass is 371 g/mol. The number of piperazine rings is 1. The van der Waals surface area contributed by atoms with E-state index in [1.807, 2.05) is 0 Å². The van der Waals surface area contributed by atoms with Gasteiger partial charge in [0, 0.05) is 32.2 Å². The molecule has 7 heteroatoms. The molecule has 4 rings (SSSR count). The van der Waals surface area contributed by atoms with Gasteiger partial charge >= 0.3 is 0 Å². The number of hydrogen-bond acceptors (Lipinski definition) is 6. The van der Waals surface area contributed by atoms with Crippen molar-refractivity contribution in [2.75, 3.05) is 44.6 Å². The fourth-order valence-corrected chi connectivity index (χ4v) is 3.95. The zero-order valence-corrected chi connectivity index (χ0v) is 15.5. The third-order valence-electron chi connectivity index (χ3n) is 5.27. The Hall–Kier alpha value is -2.25. The Morgan fingerprint density at radius 1 is 1.22 bits per heavy atom. The van der Waals surface area contributed by atoms with Crippen LogP contribution >= 0.6 is 0 Å². The van der Waals surface area contributed by atoms with Crippen LogP contribution in [0.15, 0.2) is 30.6 Å². The molecule has 0 radical (unpaired) electrons. The Kier molecular flexibility index (Phi) is 5.79. The van der Waals surface area contributed by atoms with Crippen molar-refractivity contribution in [1.29, 1.82) is 0 Å². The molecule has 2 aliphatic rings. The van der Waals surface area contributed by atoms with E-state index >= 15 is 0 Å². The SMILES string of the molecule is Fc1cnc(NCCOc2ccc3c(c2)C(N2CCNCC2)CCC3)nc1. The van der Waals surface area contributed by atoms with Crippen LogP contribution in [0.3, 0.4) is 0 Å². The largest absolute Gasteiger partial charge is 0.492 e. The molecule has 1 unspecified atom stereocenters. The van der Waals surface area contributed by atoms with E-state index in [0.29, 0.717) is 25.1 Å². The van der Waals surface area contributed by atoms with E-state index < -0.39 is 5.82 Å². The minimum Gasteiger partial charge on any atom is -0.492 e. The predicted molar refractivity (Wildman–Crippen MR) is 103 cm³/mol. The van der Waals surface area contributed by atoms with Gasteiger partial charge in [0.05, 0.1) is 18.9 Å². The van der Waals surface area contributed by atoms with Gasteiger partial charge in [0.15, 0.2) is 5.82 Å². The summed E-state index contributed by atoms with van der Waals surface area (Å²) in [5.41, 5.74) is 2.88. The smallest absolute Gasteiger partial charge is 0.222 e. The molecule has 1 aliphatic carbocycles. The Labute approximate surface area is 159 Å². The quantitative estimate of drug-likeness (QED) is 0.761. The molecule has 1 aromatic heterocycles. The van der Waals surface area contributed by atoms with Gasteiger partial charge in [-0.2, -0.15) is 0 Å². The highest BCUT2D eigenvalue weighted by atomic mass is 19.1. The van der Waals surface area contributed by atoms with Crippen molar-refractivity contribution in [2.45, 2.75) is 25.3 Å². The first-order chi connectivity index (χ1) is 13.3. The Morgan fingerprint density at radius 3 is 2.85 bits per heavy atom. The van der Waals surface area contributed by atoms with Crippen molar-refractivity contribution in [1.82, 2.24) is 20.2 Å². The molecule has 1 aromatic carbocycles. The standard InChI is InChI=1S/C20H26FN5O/c21-16-13-24-20(25-14-16)23-8-11-27-17-5-4-15-2-1-3-19(18(15)12-17)26-9-6-22-7-10-26/h4-5,12-14,19,22H,1-3,6-11H2,(H,23,24,25). The second-order valence-electron chi connectivity index (χ2n) is 7.05. The maximum atomic E-state index is 12.8. The van der Waals surface area contributed by atoms with E-state index in [1.54, 1.807) is 0 Å². The second kappa shape index (κ2) is 8.63. The molecule has 144 valence electrons. The minimum atomic E-state index is -0.440. The maximum absolute atomic E-state index is 12.8. The van der Waals surface area contributed by atoms with Crippen molar-refractivity contribution < 1.29 is 9.13 Å². The number of fused-ring (bicyclic) bond motifs is 1. The molecule has 0 spiro atoms. The number of aromatic nitrogens is 2. The average Bonchev–Trinajstić information content (AvgIpc) is 2.72. The first-order valence-corrected chi connectivity index (χ1v) is 9.71. The molecule has 2 N–H and O–H groups in total. The molecule has 0 saturated carbocycles. The van der Waals surface area contributed by atoms with Crippen molar-refractivity contribution in [3.8, 4) is 5.75 Å². The van der Waals surface area contributed by atoms with Crippen LogP contribution in [0, 0.1) is 5.82 Å². The molecule has 2 aromatic rings. The van der Waals surface area contributed by atoms with Crippen molar-refractivity contribution in [3.63, 3.8) is 0 Å². The van der Waals surface area contributed by atoms with E-state index in [9.17, 15) is 4.39 Å². The molecule has 2 heterocycles. The third-order valence-corrected chi connectivity index (χ3v) is 5.27. The minimum absolute atomic E-state index is 0.407. The summed E-state index contributed by atoms with van der Waals surface area (Å²) in [5, 5.41) is 6.47. The number of nitrogens with zero attached hydrogens (tertiary/aromatic N) is 3. The highest BCUT2D eigenvalue weighted by molar-refractivity contribution is 5.39. The van der Waals surface area contributed by atoms with Crippen LogP contribution in [-0.4, -0.2) is 54.2 Å². The first kappa shape index (κ1) is 18.1. The van der Waals surface area contributed by atoms with Gasteiger partial charge in [-0.05, 0) is 42.5 Å². The molecular weight excluding hydrogens is 345 g/mol. The van der Waals surface area contributed by atoms with E-state index in [-0.39, 0.29) is 0 Å². The van der Waals surface area contributed by atoms with Gasteiger partial charge in [-0.15, -0.1) is 0 Å². The van der Waals surface area contributed by atoms with Crippen LogP contribution in [0.4, 0.5) is 10.3 Å². The summed E-state index contributed by atoms with van der Waals surface area (Å²) in [6, 6.07) is 7.00. The zero-order valence-electron chi connectivity index (χ0n) is 15.5. The van der Waals surface area contributed by atoms with Gasteiger partial charge in [0.25, 0.3) is 0 Å². The van der Waals surface area contributed by atoms with Crippen LogP contribution in [0.1, 0.15) is 30.0 Å². The maximum Gasteiger partial charge on any atom is 0.222 e. The fourth-order valence-electron chi connectivity index (χ4n) is 3.95. The number of anilines is 1. The lowest BCUT2D eigenvalue weighted by Crippen LogP contribution is -2.45. The summed E-state index contributed by atoms with van der Waals surface area (Å²) in [7, 11) is 0. The van der Waals surface area contributed by atoms with E-state index in [1.165, 1.54) is 24.0 Å². The molecule has 1 saturated heterocycles. The number of benzene rings is 1. The summed E-state index contributed by atoms with van der Waals surface area (Å²) in [5.74, 6) is 0.867. The molecule has 1 aliphatic heterocycles. The number of ether oxygens (including phenoxy) is 1. The number of rotatable bonds is 6. The normalized spacial score (nSPS) is 20.1. The number of aryl methyl sites for hydroxylation is 1. The number of halogens is 1. The molecule has 6 nitrogen and oxygen atoms in total. The molecule has 1 fully saturated rings. The summed E-state index contributed by atoms with van der Waals surface area (Å²) in [4.78, 5) is 10.4. The van der Waals surface area contributed by atoms with Gasteiger partial charge < -0.3 is 15.4 Å². The van der Waals surface area contributed by atoms with E-state index in [4.69, 9.17) is 4.74 Å². The van der Waals surface area contributed by atoms with Crippen molar-refractivity contribution >= 4 is 5.95 Å². The lowest BCUT2D eigenvalue weighted by molar-refractivity contribution is 0.157. The summed E-state index contributed by atoms with van der Waals surface area (Å²) in [6.45, 7) is 5.41. The highest BCUT2D eigenvalue weighted by Gasteiger charge is 2.27. The molecule has 0 bridgehead atoms. The third kappa shape index (κ3) is 4.54. The van der Waals surface area contributed by atoms with Gasteiger partial charge in [0.1, 0.15) is 12.4 Å². The highest BCUT2D eigenvalue weighted by Crippen LogP contribution is 2.36. The van der Waals surface area contributed by atoms with Crippen LogP contribution in [0.2, 0.25) is 0 Å². The molecular formula is C20H26FN5O. The number of nitrogens with one attached hydrogen (secondary N) is 2. The Bertz CT molecular complexity index is 749. The van der Waals surface area contributed by atoms with Crippen LogP contribution in [0.25, 0.3) is 0 Å². The summed E-state index contributed by atoms with van der Waals surface area (Å²) in [6.07, 6.45) is 5.93. The van der Waals surface area contributed by atoms with E-state index in [2.05, 4.69) is 43.7 Å². The van der Waals surface area contributed by atoms with Crippen LogP contribution < -0.4 is 15.4 Å². The Balaban J connectivity index is 1.35. The number of hydrogen-bond donors (Lipinski definition) is 2. The van der Waals surface area contributed by atoms with Gasteiger partial charge in [-0.1, -0.05) is 6.07 Å². The Morgan fingerprint density at radius 2 is 2.04 bits per heavy atom.